The van der Waals surface area contributed by atoms with Crippen LogP contribution in [0, 0.1) is 0 Å². The van der Waals surface area contributed by atoms with Crippen LogP contribution < -0.4 is 10.6 Å². The molecule has 2 aliphatic rings. The van der Waals surface area contributed by atoms with Gasteiger partial charge in [0, 0.05) is 24.8 Å². The van der Waals surface area contributed by atoms with E-state index in [1.54, 1.807) is 0 Å². The molecule has 0 aromatic heterocycles. The molecular formula is C20H24N2. The molecule has 4 rings (SSSR count). The number of nitrogens with two attached hydrogens (primary N) is 1. The molecule has 2 aromatic rings. The van der Waals surface area contributed by atoms with Crippen molar-refractivity contribution in [2.24, 2.45) is 5.73 Å². The molecule has 2 N–H and O–H groups in total. The molecule has 0 bridgehead atoms. The average Bonchev–Trinajstić information content (AvgIpc) is 2.96. The van der Waals surface area contributed by atoms with Crippen LogP contribution in [-0.4, -0.2) is 13.1 Å². The van der Waals surface area contributed by atoms with Crippen molar-refractivity contribution in [3.8, 4) is 0 Å². The Balaban J connectivity index is 1.46. The highest BCUT2D eigenvalue weighted by Gasteiger charge is 2.23. The van der Waals surface area contributed by atoms with Crippen LogP contribution in [0.5, 0.6) is 0 Å². The van der Waals surface area contributed by atoms with Crippen molar-refractivity contribution in [2.45, 2.75) is 37.6 Å². The highest BCUT2D eigenvalue weighted by molar-refractivity contribution is 5.53. The van der Waals surface area contributed by atoms with Crippen molar-refractivity contribution in [3.63, 3.8) is 0 Å². The minimum absolute atomic E-state index is 0.257. The number of hydrogen-bond donors (Lipinski definition) is 1. The molecule has 22 heavy (non-hydrogen) atoms. The summed E-state index contributed by atoms with van der Waals surface area (Å²) >= 11 is 0. The van der Waals surface area contributed by atoms with Gasteiger partial charge in [-0.3, -0.25) is 0 Å². The predicted molar refractivity (Wildman–Crippen MR) is 92.3 cm³/mol. The van der Waals surface area contributed by atoms with Gasteiger partial charge in [-0.2, -0.15) is 0 Å². The van der Waals surface area contributed by atoms with E-state index in [1.165, 1.54) is 35.2 Å². The fourth-order valence-corrected chi connectivity index (χ4v) is 4.03. The van der Waals surface area contributed by atoms with Crippen LogP contribution >= 0.6 is 0 Å². The maximum absolute atomic E-state index is 6.14. The second-order valence-electron chi connectivity index (χ2n) is 6.70. The molecule has 2 heteroatoms. The number of benzene rings is 2. The lowest BCUT2D eigenvalue weighted by Crippen LogP contribution is -2.32. The highest BCUT2D eigenvalue weighted by Crippen LogP contribution is 2.35. The maximum Gasteiger partial charge on any atom is 0.0369 e. The first kappa shape index (κ1) is 13.8. The molecule has 1 unspecified atom stereocenters. The largest absolute Gasteiger partial charge is 0.371 e. The summed E-state index contributed by atoms with van der Waals surface area (Å²) in [5.74, 6) is 0.722. The Morgan fingerprint density at radius 3 is 2.45 bits per heavy atom. The van der Waals surface area contributed by atoms with Gasteiger partial charge in [-0.25, -0.2) is 0 Å². The van der Waals surface area contributed by atoms with Gasteiger partial charge in [-0.05, 0) is 60.4 Å². The third-order valence-corrected chi connectivity index (χ3v) is 5.38. The number of nitrogens with zero attached hydrogens (tertiary/aromatic N) is 1. The first-order chi connectivity index (χ1) is 10.8. The topological polar surface area (TPSA) is 29.3 Å². The normalized spacial score (nSPS) is 21.9. The fraction of sp³-hybridized carbons (Fsp3) is 0.400. The summed E-state index contributed by atoms with van der Waals surface area (Å²) in [6.45, 7) is 2.31. The van der Waals surface area contributed by atoms with Gasteiger partial charge in [0.1, 0.15) is 0 Å². The van der Waals surface area contributed by atoms with Crippen molar-refractivity contribution in [1.29, 1.82) is 0 Å². The lowest BCUT2D eigenvalue weighted by molar-refractivity contribution is 0.505. The Kier molecular flexibility index (Phi) is 3.63. The lowest BCUT2D eigenvalue weighted by atomic mass is 9.89. The molecule has 114 valence electrons. The zero-order chi connectivity index (χ0) is 14.9. The highest BCUT2D eigenvalue weighted by atomic mass is 15.1. The standard InChI is InChI=1S/C20H24N2/c21-20-9-6-17-14-18(7-8-19(17)20)22-12-10-16(11-13-22)15-4-2-1-3-5-15/h1-5,7-8,14,16,20H,6,9-13,21H2. The first-order valence-corrected chi connectivity index (χ1v) is 8.49. The van der Waals surface area contributed by atoms with Crippen molar-refractivity contribution < 1.29 is 0 Å². The van der Waals surface area contributed by atoms with E-state index in [0.717, 1.165) is 31.8 Å². The van der Waals surface area contributed by atoms with Gasteiger partial charge >= 0.3 is 0 Å². The third kappa shape index (κ3) is 2.52. The zero-order valence-electron chi connectivity index (χ0n) is 13.0. The number of aryl methyl sites for hydroxylation is 1. The van der Waals surface area contributed by atoms with E-state index in [2.05, 4.69) is 53.4 Å². The molecule has 1 atom stereocenters. The molecular weight excluding hydrogens is 268 g/mol. The minimum Gasteiger partial charge on any atom is -0.371 e. The van der Waals surface area contributed by atoms with Gasteiger partial charge in [0.05, 0.1) is 0 Å². The Bertz CT molecular complexity index is 642. The lowest BCUT2D eigenvalue weighted by Gasteiger charge is -2.34. The number of anilines is 1. The van der Waals surface area contributed by atoms with E-state index in [1.807, 2.05) is 0 Å². The van der Waals surface area contributed by atoms with Crippen LogP contribution in [0.1, 0.15) is 47.9 Å². The number of hydrogen-bond acceptors (Lipinski definition) is 2. The molecule has 1 fully saturated rings. The van der Waals surface area contributed by atoms with Crippen LogP contribution in [0.2, 0.25) is 0 Å². The summed E-state index contributed by atoms with van der Waals surface area (Å²) in [5, 5.41) is 0. The minimum atomic E-state index is 0.257. The van der Waals surface area contributed by atoms with E-state index in [4.69, 9.17) is 5.73 Å². The number of piperidine rings is 1. The number of fused-ring (bicyclic) bond motifs is 1. The summed E-state index contributed by atoms with van der Waals surface area (Å²) in [4.78, 5) is 2.55. The van der Waals surface area contributed by atoms with Crippen LogP contribution in [0.4, 0.5) is 5.69 Å². The van der Waals surface area contributed by atoms with E-state index >= 15 is 0 Å². The van der Waals surface area contributed by atoms with E-state index in [9.17, 15) is 0 Å². The van der Waals surface area contributed by atoms with Gasteiger partial charge in [0.2, 0.25) is 0 Å². The third-order valence-electron chi connectivity index (χ3n) is 5.38. The van der Waals surface area contributed by atoms with Gasteiger partial charge < -0.3 is 10.6 Å². The van der Waals surface area contributed by atoms with E-state index in [0.29, 0.717) is 0 Å². The van der Waals surface area contributed by atoms with Crippen LogP contribution in [-0.2, 0) is 6.42 Å². The summed E-state index contributed by atoms with van der Waals surface area (Å²) in [7, 11) is 0. The quantitative estimate of drug-likeness (QED) is 0.906. The maximum atomic E-state index is 6.14. The molecule has 0 amide bonds. The fourth-order valence-electron chi connectivity index (χ4n) is 4.03. The molecule has 2 nitrogen and oxygen atoms in total. The summed E-state index contributed by atoms with van der Waals surface area (Å²) in [5.41, 5.74) is 11.9. The molecule has 2 aromatic carbocycles. The predicted octanol–water partition coefficient (Wildman–Crippen LogP) is 4.02. The molecule has 0 saturated carbocycles. The van der Waals surface area contributed by atoms with Crippen LogP contribution in [0.25, 0.3) is 0 Å². The SMILES string of the molecule is NC1CCc2cc(N3CCC(c4ccccc4)CC3)ccc21. The molecule has 1 heterocycles. The van der Waals surface area contributed by atoms with Crippen molar-refractivity contribution in [3.05, 3.63) is 65.2 Å². The molecule has 0 radical (unpaired) electrons. The Hall–Kier alpha value is -1.80. The van der Waals surface area contributed by atoms with E-state index in [-0.39, 0.29) is 6.04 Å². The second-order valence-corrected chi connectivity index (χ2v) is 6.70. The summed E-state index contributed by atoms with van der Waals surface area (Å²) in [6, 6.07) is 18.1. The zero-order valence-corrected chi connectivity index (χ0v) is 13.0. The monoisotopic (exact) mass is 292 g/mol. The Morgan fingerprint density at radius 1 is 0.909 bits per heavy atom. The van der Waals surface area contributed by atoms with Crippen molar-refractivity contribution in [2.75, 3.05) is 18.0 Å². The average molecular weight is 292 g/mol. The van der Waals surface area contributed by atoms with E-state index < -0.39 is 0 Å². The van der Waals surface area contributed by atoms with Crippen molar-refractivity contribution >= 4 is 5.69 Å². The van der Waals surface area contributed by atoms with Crippen LogP contribution in [0.15, 0.2) is 48.5 Å². The molecule has 0 spiro atoms. The Morgan fingerprint density at radius 2 is 1.68 bits per heavy atom. The molecule has 1 aliphatic carbocycles. The second kappa shape index (κ2) is 5.77. The smallest absolute Gasteiger partial charge is 0.0369 e. The van der Waals surface area contributed by atoms with Gasteiger partial charge in [-0.15, -0.1) is 0 Å². The Labute approximate surface area is 132 Å². The summed E-state index contributed by atoms with van der Waals surface area (Å²) in [6.07, 6.45) is 4.75. The summed E-state index contributed by atoms with van der Waals surface area (Å²) < 4.78 is 0. The molecule has 1 saturated heterocycles. The first-order valence-electron chi connectivity index (χ1n) is 8.49. The van der Waals surface area contributed by atoms with Gasteiger partial charge in [-0.1, -0.05) is 36.4 Å². The van der Waals surface area contributed by atoms with Gasteiger partial charge in [0.25, 0.3) is 0 Å². The molecule has 1 aliphatic heterocycles. The number of rotatable bonds is 2. The van der Waals surface area contributed by atoms with Crippen LogP contribution in [0.3, 0.4) is 0 Å². The van der Waals surface area contributed by atoms with Gasteiger partial charge in [0.15, 0.2) is 0 Å². The van der Waals surface area contributed by atoms with Crippen molar-refractivity contribution in [1.82, 2.24) is 0 Å².